The molecule has 0 saturated heterocycles. The zero-order chi connectivity index (χ0) is 15.1. The first kappa shape index (κ1) is 16.3. The Hall–Kier alpha value is -1.06. The van der Waals surface area contributed by atoms with Crippen LogP contribution in [-0.2, 0) is 11.3 Å². The fraction of sp³-hybridized carbons (Fsp3) is 0.588. The van der Waals surface area contributed by atoms with E-state index in [0.29, 0.717) is 12.6 Å². The van der Waals surface area contributed by atoms with Gasteiger partial charge in [-0.3, -0.25) is 9.69 Å². The Morgan fingerprint density at radius 3 is 2.43 bits per heavy atom. The minimum atomic E-state index is 0.137. The predicted molar refractivity (Wildman–Crippen MR) is 87.4 cm³/mol. The Kier molecular flexibility index (Phi) is 6.52. The zero-order valence-corrected chi connectivity index (χ0v) is 13.5. The zero-order valence-electron chi connectivity index (χ0n) is 12.8. The first-order chi connectivity index (χ1) is 10.1. The second-order valence-corrected chi connectivity index (χ2v) is 6.49. The second-order valence-electron chi connectivity index (χ2n) is 6.05. The Morgan fingerprint density at radius 1 is 1.19 bits per heavy atom. The maximum absolute atomic E-state index is 12.1. The van der Waals surface area contributed by atoms with E-state index in [2.05, 4.69) is 5.32 Å². The van der Waals surface area contributed by atoms with Gasteiger partial charge in [0.1, 0.15) is 0 Å². The van der Waals surface area contributed by atoms with Gasteiger partial charge in [0.25, 0.3) is 0 Å². The molecule has 2 rings (SSSR count). The van der Waals surface area contributed by atoms with Gasteiger partial charge >= 0.3 is 0 Å². The Morgan fingerprint density at radius 2 is 1.81 bits per heavy atom. The van der Waals surface area contributed by atoms with Gasteiger partial charge < -0.3 is 5.32 Å². The molecule has 1 amide bonds. The number of benzene rings is 1. The second kappa shape index (κ2) is 8.40. The van der Waals surface area contributed by atoms with E-state index < -0.39 is 0 Å². The summed E-state index contributed by atoms with van der Waals surface area (Å²) in [6.45, 7) is 1.20. The van der Waals surface area contributed by atoms with Gasteiger partial charge in [-0.15, -0.1) is 0 Å². The Labute approximate surface area is 132 Å². The summed E-state index contributed by atoms with van der Waals surface area (Å²) in [4.78, 5) is 14.1. The highest BCUT2D eigenvalue weighted by Crippen LogP contribution is 2.17. The van der Waals surface area contributed by atoms with Gasteiger partial charge in [0, 0.05) is 17.6 Å². The number of nitrogens with one attached hydrogen (secondary N) is 1. The van der Waals surface area contributed by atoms with Crippen LogP contribution in [-0.4, -0.2) is 30.4 Å². The van der Waals surface area contributed by atoms with Crippen molar-refractivity contribution in [3.8, 4) is 0 Å². The SMILES string of the molecule is CN(CC(=O)NC1CCCCCC1)Cc1ccc(Cl)cc1. The van der Waals surface area contributed by atoms with Gasteiger partial charge in [-0.25, -0.2) is 0 Å². The molecule has 1 aromatic rings. The maximum Gasteiger partial charge on any atom is 0.234 e. The van der Waals surface area contributed by atoms with Crippen molar-refractivity contribution in [1.82, 2.24) is 10.2 Å². The molecule has 0 atom stereocenters. The summed E-state index contributed by atoms with van der Waals surface area (Å²) in [6, 6.07) is 8.15. The molecular formula is C17H25ClN2O. The van der Waals surface area contributed by atoms with Crippen LogP contribution in [0.5, 0.6) is 0 Å². The van der Waals surface area contributed by atoms with Crippen molar-refractivity contribution in [3.63, 3.8) is 0 Å². The lowest BCUT2D eigenvalue weighted by Gasteiger charge is -2.20. The number of likely N-dealkylation sites (N-methyl/N-ethyl adjacent to an activating group) is 1. The van der Waals surface area contributed by atoms with E-state index in [1.165, 1.54) is 31.2 Å². The molecule has 1 aromatic carbocycles. The molecule has 1 saturated carbocycles. The fourth-order valence-corrected chi connectivity index (χ4v) is 3.03. The molecule has 0 aliphatic heterocycles. The molecule has 1 aliphatic rings. The van der Waals surface area contributed by atoms with Crippen molar-refractivity contribution >= 4 is 17.5 Å². The molecule has 21 heavy (non-hydrogen) atoms. The maximum atomic E-state index is 12.1. The third-order valence-corrected chi connectivity index (χ3v) is 4.25. The van der Waals surface area contributed by atoms with Crippen LogP contribution in [0, 0.1) is 0 Å². The van der Waals surface area contributed by atoms with E-state index in [9.17, 15) is 4.79 Å². The van der Waals surface area contributed by atoms with Crippen LogP contribution >= 0.6 is 11.6 Å². The average molecular weight is 309 g/mol. The highest BCUT2D eigenvalue weighted by Gasteiger charge is 2.15. The molecule has 0 heterocycles. The van der Waals surface area contributed by atoms with Gasteiger partial charge in [-0.05, 0) is 37.6 Å². The monoisotopic (exact) mass is 308 g/mol. The Bertz CT molecular complexity index is 439. The van der Waals surface area contributed by atoms with Crippen molar-refractivity contribution in [2.45, 2.75) is 51.1 Å². The molecular weight excluding hydrogens is 284 g/mol. The van der Waals surface area contributed by atoms with Gasteiger partial charge in [-0.1, -0.05) is 49.4 Å². The Balaban J connectivity index is 1.74. The van der Waals surface area contributed by atoms with Crippen LogP contribution in [0.3, 0.4) is 0 Å². The molecule has 116 valence electrons. The first-order valence-electron chi connectivity index (χ1n) is 7.86. The van der Waals surface area contributed by atoms with Gasteiger partial charge in [-0.2, -0.15) is 0 Å². The van der Waals surface area contributed by atoms with Crippen molar-refractivity contribution in [2.24, 2.45) is 0 Å². The summed E-state index contributed by atoms with van der Waals surface area (Å²) in [7, 11) is 1.97. The number of carbonyl (C=O) groups excluding carboxylic acids is 1. The normalized spacial score (nSPS) is 16.7. The summed E-state index contributed by atoms with van der Waals surface area (Å²) in [5.74, 6) is 0.137. The number of hydrogen-bond donors (Lipinski definition) is 1. The van der Waals surface area contributed by atoms with E-state index >= 15 is 0 Å². The number of amides is 1. The van der Waals surface area contributed by atoms with Crippen LogP contribution < -0.4 is 5.32 Å². The number of nitrogens with zero attached hydrogens (tertiary/aromatic N) is 1. The lowest BCUT2D eigenvalue weighted by molar-refractivity contribution is -0.122. The summed E-state index contributed by atoms with van der Waals surface area (Å²) in [6.07, 6.45) is 7.36. The van der Waals surface area contributed by atoms with Crippen molar-refractivity contribution in [1.29, 1.82) is 0 Å². The standard InChI is InChI=1S/C17H25ClN2O/c1-20(12-14-8-10-15(18)11-9-14)13-17(21)19-16-6-4-2-3-5-7-16/h8-11,16H,2-7,12-13H2,1H3,(H,19,21). The minimum Gasteiger partial charge on any atom is -0.352 e. The highest BCUT2D eigenvalue weighted by molar-refractivity contribution is 6.30. The molecule has 0 spiro atoms. The van der Waals surface area contributed by atoms with Crippen LogP contribution in [0.25, 0.3) is 0 Å². The number of halogens is 1. The third kappa shape index (κ3) is 6.06. The van der Waals surface area contributed by atoms with E-state index in [-0.39, 0.29) is 5.91 Å². The summed E-state index contributed by atoms with van der Waals surface area (Å²) >= 11 is 5.88. The molecule has 0 unspecified atom stereocenters. The quantitative estimate of drug-likeness (QED) is 0.843. The summed E-state index contributed by atoms with van der Waals surface area (Å²) < 4.78 is 0. The number of hydrogen-bond acceptors (Lipinski definition) is 2. The topological polar surface area (TPSA) is 32.3 Å². The van der Waals surface area contributed by atoms with Crippen LogP contribution in [0.4, 0.5) is 0 Å². The molecule has 0 radical (unpaired) electrons. The number of rotatable bonds is 5. The van der Waals surface area contributed by atoms with Gasteiger partial charge in [0.15, 0.2) is 0 Å². The lowest BCUT2D eigenvalue weighted by Crippen LogP contribution is -2.40. The molecule has 1 aliphatic carbocycles. The van der Waals surface area contributed by atoms with Crippen molar-refractivity contribution in [2.75, 3.05) is 13.6 Å². The summed E-state index contributed by atoms with van der Waals surface area (Å²) in [5.41, 5.74) is 1.17. The van der Waals surface area contributed by atoms with E-state index in [4.69, 9.17) is 11.6 Å². The largest absolute Gasteiger partial charge is 0.352 e. The minimum absolute atomic E-state index is 0.137. The third-order valence-electron chi connectivity index (χ3n) is 4.00. The molecule has 1 fully saturated rings. The summed E-state index contributed by atoms with van der Waals surface area (Å²) in [5, 5.41) is 3.93. The fourth-order valence-electron chi connectivity index (χ4n) is 2.90. The lowest BCUT2D eigenvalue weighted by atomic mass is 10.1. The van der Waals surface area contributed by atoms with Gasteiger partial charge in [0.2, 0.25) is 5.91 Å². The smallest absolute Gasteiger partial charge is 0.234 e. The predicted octanol–water partition coefficient (Wildman–Crippen LogP) is 3.61. The molecule has 4 heteroatoms. The molecule has 0 bridgehead atoms. The van der Waals surface area contributed by atoms with E-state index in [1.54, 1.807) is 0 Å². The van der Waals surface area contributed by atoms with Crippen molar-refractivity contribution < 1.29 is 4.79 Å². The van der Waals surface area contributed by atoms with Gasteiger partial charge in [0.05, 0.1) is 6.54 Å². The number of carbonyl (C=O) groups is 1. The van der Waals surface area contributed by atoms with Crippen molar-refractivity contribution in [3.05, 3.63) is 34.9 Å². The average Bonchev–Trinajstić information content (AvgIpc) is 2.69. The molecule has 0 aromatic heterocycles. The first-order valence-corrected chi connectivity index (χ1v) is 8.23. The van der Waals surface area contributed by atoms with Crippen LogP contribution in [0.1, 0.15) is 44.1 Å². The van der Waals surface area contributed by atoms with E-state index in [1.807, 2.05) is 36.2 Å². The van der Waals surface area contributed by atoms with Crippen LogP contribution in [0.15, 0.2) is 24.3 Å². The van der Waals surface area contributed by atoms with E-state index in [0.717, 1.165) is 24.4 Å². The highest BCUT2D eigenvalue weighted by atomic mass is 35.5. The van der Waals surface area contributed by atoms with Crippen LogP contribution in [0.2, 0.25) is 5.02 Å². The molecule has 1 N–H and O–H groups in total. The molecule has 3 nitrogen and oxygen atoms in total.